The number of thiazole rings is 1. The third-order valence-electron chi connectivity index (χ3n) is 1.49. The maximum atomic E-state index is 11.4. The zero-order valence-corrected chi connectivity index (χ0v) is 9.27. The Balaban J connectivity index is 1.78. The van der Waals surface area contributed by atoms with E-state index >= 15 is 0 Å². The third kappa shape index (κ3) is 3.07. The minimum Gasteiger partial charge on any atom is -0.340 e. The fourth-order valence-corrected chi connectivity index (χ4v) is 2.08. The highest BCUT2D eigenvalue weighted by atomic mass is 32.2. The Hall–Kier alpha value is -1.34. The summed E-state index contributed by atoms with van der Waals surface area (Å²) in [5, 5.41) is 5.87. The molecule has 7 heteroatoms. The van der Waals surface area contributed by atoms with Crippen LogP contribution >= 0.6 is 23.1 Å². The lowest BCUT2D eigenvalue weighted by Gasteiger charge is -1.99. The molecule has 2 aromatic rings. The van der Waals surface area contributed by atoms with Crippen molar-refractivity contribution in [1.29, 1.82) is 0 Å². The lowest BCUT2D eigenvalue weighted by Crippen LogP contribution is -2.13. The van der Waals surface area contributed by atoms with Gasteiger partial charge in [-0.25, -0.2) is 9.97 Å². The van der Waals surface area contributed by atoms with Crippen molar-refractivity contribution in [3.05, 3.63) is 24.0 Å². The van der Waals surface area contributed by atoms with E-state index in [0.29, 0.717) is 10.9 Å². The molecular weight excluding hydrogens is 232 g/mol. The summed E-state index contributed by atoms with van der Waals surface area (Å²) in [5.74, 6) is 0.249. The number of aromatic nitrogens is 3. The molecule has 0 bridgehead atoms. The number of nitrogens with zero attached hydrogens (tertiary/aromatic N) is 2. The smallest absolute Gasteiger partial charge is 0.236 e. The van der Waals surface area contributed by atoms with Crippen molar-refractivity contribution < 1.29 is 4.79 Å². The topological polar surface area (TPSA) is 70.7 Å². The molecule has 0 aromatic carbocycles. The lowest BCUT2D eigenvalue weighted by atomic mass is 10.7. The van der Waals surface area contributed by atoms with Crippen LogP contribution in [0.25, 0.3) is 0 Å². The van der Waals surface area contributed by atoms with Gasteiger partial charge in [0.15, 0.2) is 10.3 Å². The maximum Gasteiger partial charge on any atom is 0.236 e. The van der Waals surface area contributed by atoms with E-state index in [0.717, 1.165) is 5.16 Å². The van der Waals surface area contributed by atoms with Gasteiger partial charge in [0.05, 0.1) is 5.75 Å². The summed E-state index contributed by atoms with van der Waals surface area (Å²) < 4.78 is 0. The fourth-order valence-electron chi connectivity index (χ4n) is 0.904. The molecule has 0 aliphatic carbocycles. The first kappa shape index (κ1) is 10.2. The van der Waals surface area contributed by atoms with Gasteiger partial charge in [-0.15, -0.1) is 11.3 Å². The molecule has 0 spiro atoms. The number of nitrogens with one attached hydrogen (secondary N) is 2. The zero-order valence-electron chi connectivity index (χ0n) is 7.64. The van der Waals surface area contributed by atoms with E-state index < -0.39 is 0 Å². The number of anilines is 1. The van der Waals surface area contributed by atoms with E-state index in [9.17, 15) is 4.79 Å². The Morgan fingerprint density at radius 1 is 1.53 bits per heavy atom. The summed E-state index contributed by atoms with van der Waals surface area (Å²) in [6.07, 6.45) is 5.03. The largest absolute Gasteiger partial charge is 0.340 e. The fraction of sp³-hybridized carbons (Fsp3) is 0.125. The van der Waals surface area contributed by atoms with Crippen LogP contribution < -0.4 is 5.32 Å². The first-order chi connectivity index (χ1) is 7.34. The highest BCUT2D eigenvalue weighted by molar-refractivity contribution is 7.99. The van der Waals surface area contributed by atoms with Crippen LogP contribution in [0.5, 0.6) is 0 Å². The van der Waals surface area contributed by atoms with Crippen LogP contribution in [0.4, 0.5) is 5.13 Å². The van der Waals surface area contributed by atoms with Gasteiger partial charge in [0.2, 0.25) is 5.91 Å². The van der Waals surface area contributed by atoms with Gasteiger partial charge in [-0.2, -0.15) is 0 Å². The van der Waals surface area contributed by atoms with Crippen molar-refractivity contribution in [2.24, 2.45) is 0 Å². The first-order valence-corrected chi connectivity index (χ1v) is 6.02. The van der Waals surface area contributed by atoms with Gasteiger partial charge in [0, 0.05) is 24.0 Å². The Morgan fingerprint density at radius 2 is 2.47 bits per heavy atom. The number of carbonyl (C=O) groups is 1. The molecule has 0 fully saturated rings. The Kier molecular flexibility index (Phi) is 3.36. The van der Waals surface area contributed by atoms with E-state index in [1.807, 2.05) is 5.38 Å². The van der Waals surface area contributed by atoms with Gasteiger partial charge < -0.3 is 10.3 Å². The third-order valence-corrected chi connectivity index (χ3v) is 3.08. The highest BCUT2D eigenvalue weighted by Crippen LogP contribution is 2.14. The van der Waals surface area contributed by atoms with Crippen LogP contribution in [0.1, 0.15) is 0 Å². The second-order valence-corrected chi connectivity index (χ2v) is 4.43. The van der Waals surface area contributed by atoms with E-state index in [2.05, 4.69) is 20.3 Å². The molecule has 1 amide bonds. The van der Waals surface area contributed by atoms with Gasteiger partial charge in [-0.3, -0.25) is 4.79 Å². The highest BCUT2D eigenvalue weighted by Gasteiger charge is 2.05. The normalized spacial score (nSPS) is 10.1. The number of rotatable bonds is 4. The van der Waals surface area contributed by atoms with Gasteiger partial charge >= 0.3 is 0 Å². The van der Waals surface area contributed by atoms with E-state index in [1.165, 1.54) is 23.1 Å². The van der Waals surface area contributed by atoms with Gasteiger partial charge in [0.1, 0.15) is 0 Å². The van der Waals surface area contributed by atoms with E-state index in [-0.39, 0.29) is 5.91 Å². The molecule has 5 nitrogen and oxygen atoms in total. The summed E-state index contributed by atoms with van der Waals surface area (Å²) >= 11 is 2.75. The molecule has 0 saturated carbocycles. The molecule has 2 heterocycles. The molecule has 0 aliphatic rings. The molecule has 78 valence electrons. The van der Waals surface area contributed by atoms with Crippen LogP contribution in [0.3, 0.4) is 0 Å². The second kappa shape index (κ2) is 4.94. The number of hydrogen-bond acceptors (Lipinski definition) is 5. The number of aromatic amines is 1. The van der Waals surface area contributed by atoms with Crippen molar-refractivity contribution in [2.45, 2.75) is 5.16 Å². The van der Waals surface area contributed by atoms with Crippen LogP contribution in [-0.2, 0) is 4.79 Å². The van der Waals surface area contributed by atoms with Gasteiger partial charge in [0.25, 0.3) is 0 Å². The van der Waals surface area contributed by atoms with Crippen LogP contribution in [0, 0.1) is 0 Å². The standard InChI is InChI=1S/C8H8N4OS2/c13-6(12-8-11-3-4-14-8)5-15-7-9-1-2-10-7/h1-4H,5H2,(H,9,10)(H,11,12,13). The number of hydrogen-bond donors (Lipinski definition) is 2. The molecule has 0 unspecified atom stereocenters. The van der Waals surface area contributed by atoms with Crippen molar-refractivity contribution in [3.63, 3.8) is 0 Å². The average Bonchev–Trinajstić information content (AvgIpc) is 2.86. The van der Waals surface area contributed by atoms with Crippen molar-refractivity contribution in [1.82, 2.24) is 15.0 Å². The SMILES string of the molecule is O=C(CSc1ncc[nH]1)Nc1nccs1. The molecule has 0 saturated heterocycles. The van der Waals surface area contributed by atoms with Crippen molar-refractivity contribution in [2.75, 3.05) is 11.1 Å². The van der Waals surface area contributed by atoms with E-state index in [4.69, 9.17) is 0 Å². The molecule has 15 heavy (non-hydrogen) atoms. The average molecular weight is 240 g/mol. The molecule has 0 atom stereocenters. The minimum absolute atomic E-state index is 0.0775. The summed E-state index contributed by atoms with van der Waals surface area (Å²) in [6.45, 7) is 0. The number of H-pyrrole nitrogens is 1. The van der Waals surface area contributed by atoms with Crippen molar-refractivity contribution in [3.8, 4) is 0 Å². The Labute approximate surface area is 94.3 Å². The second-order valence-electron chi connectivity index (χ2n) is 2.57. The summed E-state index contributed by atoms with van der Waals surface area (Å²) in [6, 6.07) is 0. The van der Waals surface area contributed by atoms with Crippen molar-refractivity contribution >= 4 is 34.1 Å². The molecule has 0 aliphatic heterocycles. The monoisotopic (exact) mass is 240 g/mol. The van der Waals surface area contributed by atoms with Crippen LogP contribution in [0.2, 0.25) is 0 Å². The van der Waals surface area contributed by atoms with Gasteiger partial charge in [-0.05, 0) is 0 Å². The Bertz CT molecular complexity index is 412. The van der Waals surface area contributed by atoms with Crippen LogP contribution in [0.15, 0.2) is 29.1 Å². The number of thioether (sulfide) groups is 1. The summed E-state index contributed by atoms with van der Waals surface area (Å²) in [5.41, 5.74) is 0. The first-order valence-electron chi connectivity index (χ1n) is 4.16. The molecule has 2 rings (SSSR count). The maximum absolute atomic E-state index is 11.4. The molecular formula is C8H8N4OS2. The molecule has 0 radical (unpaired) electrons. The molecule has 2 N–H and O–H groups in total. The van der Waals surface area contributed by atoms with E-state index in [1.54, 1.807) is 18.6 Å². The predicted octanol–water partition coefficient (Wildman–Crippen LogP) is 1.60. The Morgan fingerprint density at radius 3 is 3.13 bits per heavy atom. The summed E-state index contributed by atoms with van der Waals surface area (Å²) in [4.78, 5) is 22.3. The van der Waals surface area contributed by atoms with Crippen LogP contribution in [-0.4, -0.2) is 26.6 Å². The number of amides is 1. The van der Waals surface area contributed by atoms with Gasteiger partial charge in [-0.1, -0.05) is 11.8 Å². The zero-order chi connectivity index (χ0) is 10.5. The quantitative estimate of drug-likeness (QED) is 0.796. The number of imidazole rings is 1. The molecule has 2 aromatic heterocycles. The lowest BCUT2D eigenvalue weighted by molar-refractivity contribution is -0.113. The summed E-state index contributed by atoms with van der Waals surface area (Å²) in [7, 11) is 0. The predicted molar refractivity (Wildman–Crippen MR) is 60.1 cm³/mol. The minimum atomic E-state index is -0.0775. The number of carbonyl (C=O) groups excluding carboxylic acids is 1.